The van der Waals surface area contributed by atoms with Crippen molar-refractivity contribution in [2.45, 2.75) is 20.3 Å². The Morgan fingerprint density at radius 1 is 1.00 bits per heavy atom. The second-order valence-electron chi connectivity index (χ2n) is 6.25. The molecule has 0 aliphatic heterocycles. The van der Waals surface area contributed by atoms with Crippen LogP contribution in [0.25, 0.3) is 28.0 Å². The van der Waals surface area contributed by atoms with Gasteiger partial charge in [0.2, 0.25) is 0 Å². The van der Waals surface area contributed by atoms with Gasteiger partial charge >= 0.3 is 0 Å². The first-order chi connectivity index (χ1) is 13.3. The van der Waals surface area contributed by atoms with Crippen LogP contribution in [0.4, 0.5) is 17.6 Å². The van der Waals surface area contributed by atoms with Crippen molar-refractivity contribution in [1.29, 1.82) is 0 Å². The molecule has 4 rings (SSSR count). The summed E-state index contributed by atoms with van der Waals surface area (Å²) in [5.74, 6) is -1.10. The van der Waals surface area contributed by atoms with Gasteiger partial charge in [0.1, 0.15) is 29.5 Å². The van der Waals surface area contributed by atoms with Gasteiger partial charge in [-0.2, -0.15) is 0 Å². The molecule has 5 nitrogen and oxygen atoms in total. The molecule has 3 aromatic heterocycles. The Bertz CT molecular complexity index is 1200. The number of pyridine rings is 1. The molecule has 0 atom stereocenters. The zero-order valence-corrected chi connectivity index (χ0v) is 14.8. The molecule has 28 heavy (non-hydrogen) atoms. The van der Waals surface area contributed by atoms with Crippen molar-refractivity contribution < 1.29 is 17.6 Å². The van der Waals surface area contributed by atoms with Gasteiger partial charge in [-0.15, -0.1) is 10.2 Å². The summed E-state index contributed by atoms with van der Waals surface area (Å²) in [7, 11) is 0. The molecule has 9 heteroatoms. The summed E-state index contributed by atoms with van der Waals surface area (Å²) in [6.07, 6.45) is -1.36. The number of nitrogens with zero attached hydrogens (tertiary/aromatic N) is 5. The summed E-state index contributed by atoms with van der Waals surface area (Å²) in [5, 5.41) is 7.92. The molecule has 0 saturated carbocycles. The lowest BCUT2D eigenvalue weighted by Crippen LogP contribution is -2.03. The predicted molar refractivity (Wildman–Crippen MR) is 93.8 cm³/mol. The monoisotopic (exact) mass is 387 g/mol. The first kappa shape index (κ1) is 18.0. The Morgan fingerprint density at radius 2 is 1.79 bits per heavy atom. The molecular formula is C19H13F4N5. The third-order valence-electron chi connectivity index (χ3n) is 4.30. The smallest absolute Gasteiger partial charge is 0.269 e. The van der Waals surface area contributed by atoms with Gasteiger partial charge in [-0.25, -0.2) is 22.5 Å². The molecule has 0 radical (unpaired) electrons. The Balaban J connectivity index is 2.10. The van der Waals surface area contributed by atoms with Crippen molar-refractivity contribution >= 4 is 5.65 Å². The SMILES string of the molecule is Cc1cc(-c2c(-c3ccc(F)cc3F)nc(C)n3cnnc23)cc(C(F)F)n1. The highest BCUT2D eigenvalue weighted by molar-refractivity contribution is 5.90. The van der Waals surface area contributed by atoms with Crippen molar-refractivity contribution in [2.75, 3.05) is 0 Å². The van der Waals surface area contributed by atoms with Crippen LogP contribution in [0.1, 0.15) is 23.6 Å². The summed E-state index contributed by atoms with van der Waals surface area (Å²) in [6, 6.07) is 5.90. The van der Waals surface area contributed by atoms with E-state index < -0.39 is 23.8 Å². The van der Waals surface area contributed by atoms with E-state index >= 15 is 0 Å². The molecule has 0 N–H and O–H groups in total. The minimum atomic E-state index is -2.78. The van der Waals surface area contributed by atoms with E-state index in [1.54, 1.807) is 24.3 Å². The third-order valence-corrected chi connectivity index (χ3v) is 4.30. The number of benzene rings is 1. The molecule has 0 aliphatic carbocycles. The molecule has 0 spiro atoms. The quantitative estimate of drug-likeness (QED) is 0.479. The minimum absolute atomic E-state index is 0.0260. The Kier molecular flexibility index (Phi) is 4.29. The van der Waals surface area contributed by atoms with E-state index in [0.717, 1.165) is 12.1 Å². The molecule has 3 heterocycles. The van der Waals surface area contributed by atoms with E-state index in [4.69, 9.17) is 0 Å². The van der Waals surface area contributed by atoms with Crippen LogP contribution in [0.2, 0.25) is 0 Å². The van der Waals surface area contributed by atoms with E-state index in [1.165, 1.54) is 18.5 Å². The van der Waals surface area contributed by atoms with Gasteiger partial charge in [-0.05, 0) is 43.7 Å². The third kappa shape index (κ3) is 2.98. The lowest BCUT2D eigenvalue weighted by molar-refractivity contribution is 0.146. The number of aromatic nitrogens is 5. The van der Waals surface area contributed by atoms with Gasteiger partial charge in [0.15, 0.2) is 5.65 Å². The average molecular weight is 387 g/mol. The van der Waals surface area contributed by atoms with Crippen LogP contribution < -0.4 is 0 Å². The zero-order chi connectivity index (χ0) is 20.0. The number of alkyl halides is 2. The largest absolute Gasteiger partial charge is 0.280 e. The van der Waals surface area contributed by atoms with Crippen molar-refractivity contribution in [3.05, 3.63) is 65.5 Å². The van der Waals surface area contributed by atoms with Gasteiger partial charge < -0.3 is 0 Å². The van der Waals surface area contributed by atoms with E-state index in [2.05, 4.69) is 20.2 Å². The van der Waals surface area contributed by atoms with Gasteiger partial charge in [0, 0.05) is 17.3 Å². The van der Waals surface area contributed by atoms with Gasteiger partial charge in [-0.1, -0.05) is 0 Å². The predicted octanol–water partition coefficient (Wildman–Crippen LogP) is 4.69. The van der Waals surface area contributed by atoms with Gasteiger partial charge in [0.25, 0.3) is 6.43 Å². The maximum atomic E-state index is 14.5. The highest BCUT2D eigenvalue weighted by atomic mass is 19.3. The molecule has 142 valence electrons. The number of halogens is 4. The molecule has 0 fully saturated rings. The molecule has 0 saturated heterocycles. The zero-order valence-electron chi connectivity index (χ0n) is 14.8. The Hall–Kier alpha value is -3.36. The molecule has 0 unspecified atom stereocenters. The van der Waals surface area contributed by atoms with Crippen molar-refractivity contribution in [1.82, 2.24) is 24.6 Å². The van der Waals surface area contributed by atoms with Crippen LogP contribution in [0.5, 0.6) is 0 Å². The van der Waals surface area contributed by atoms with Crippen LogP contribution in [-0.2, 0) is 0 Å². The molecule has 4 aromatic rings. The maximum Gasteiger partial charge on any atom is 0.280 e. The molecule has 0 aliphatic rings. The lowest BCUT2D eigenvalue weighted by atomic mass is 9.98. The minimum Gasteiger partial charge on any atom is -0.269 e. The van der Waals surface area contributed by atoms with Crippen molar-refractivity contribution in [2.24, 2.45) is 0 Å². The van der Waals surface area contributed by atoms with Gasteiger partial charge in [-0.3, -0.25) is 9.38 Å². The van der Waals surface area contributed by atoms with E-state index in [9.17, 15) is 17.6 Å². The standard InChI is InChI=1S/C19H13F4N5/c1-9-5-11(6-15(25-9)18(22)23)16-17(13-4-3-12(20)7-14(13)21)26-10(2)28-8-24-27-19(16)28/h3-8,18H,1-2H3. The molecular weight excluding hydrogens is 374 g/mol. The number of fused-ring (bicyclic) bond motifs is 1. The molecule has 0 amide bonds. The normalized spacial score (nSPS) is 11.5. The maximum absolute atomic E-state index is 14.5. The fourth-order valence-corrected chi connectivity index (χ4v) is 3.11. The van der Waals surface area contributed by atoms with Crippen LogP contribution in [0, 0.1) is 25.5 Å². The Labute approximate surface area is 156 Å². The van der Waals surface area contributed by atoms with Crippen molar-refractivity contribution in [3.63, 3.8) is 0 Å². The summed E-state index contributed by atoms with van der Waals surface area (Å²) >= 11 is 0. The van der Waals surface area contributed by atoms with Crippen LogP contribution in [0.15, 0.2) is 36.7 Å². The first-order valence-corrected chi connectivity index (χ1v) is 8.28. The number of hydrogen-bond acceptors (Lipinski definition) is 4. The van der Waals surface area contributed by atoms with E-state index in [1.807, 2.05) is 0 Å². The fraction of sp³-hybridized carbons (Fsp3) is 0.158. The second kappa shape index (κ2) is 6.66. The summed E-state index contributed by atoms with van der Waals surface area (Å²) in [6.45, 7) is 3.25. The first-order valence-electron chi connectivity index (χ1n) is 8.28. The van der Waals surface area contributed by atoms with Crippen molar-refractivity contribution in [3.8, 4) is 22.4 Å². The summed E-state index contributed by atoms with van der Waals surface area (Å²) < 4.78 is 56.0. The van der Waals surface area contributed by atoms with E-state index in [0.29, 0.717) is 28.3 Å². The van der Waals surface area contributed by atoms with Crippen LogP contribution in [0.3, 0.4) is 0 Å². The summed E-state index contributed by atoms with van der Waals surface area (Å²) in [4.78, 5) is 8.27. The number of hydrogen-bond donors (Lipinski definition) is 0. The van der Waals surface area contributed by atoms with Crippen LogP contribution >= 0.6 is 0 Å². The topological polar surface area (TPSA) is 56.0 Å². The lowest BCUT2D eigenvalue weighted by Gasteiger charge is -2.14. The molecule has 1 aromatic carbocycles. The highest BCUT2D eigenvalue weighted by Crippen LogP contribution is 2.36. The fourth-order valence-electron chi connectivity index (χ4n) is 3.11. The Morgan fingerprint density at radius 3 is 2.50 bits per heavy atom. The number of rotatable bonds is 3. The van der Waals surface area contributed by atoms with E-state index in [-0.39, 0.29) is 11.3 Å². The average Bonchev–Trinajstić information content (AvgIpc) is 3.11. The highest BCUT2D eigenvalue weighted by Gasteiger charge is 2.22. The summed E-state index contributed by atoms with van der Waals surface area (Å²) in [5.41, 5.74) is 1.08. The van der Waals surface area contributed by atoms with Gasteiger partial charge in [0.05, 0.1) is 11.3 Å². The second-order valence-corrected chi connectivity index (χ2v) is 6.25. The molecule has 0 bridgehead atoms. The van der Waals surface area contributed by atoms with Crippen LogP contribution in [-0.4, -0.2) is 24.6 Å². The number of aryl methyl sites for hydroxylation is 2.